The third-order valence-electron chi connectivity index (χ3n) is 3.80. The molecule has 0 aliphatic carbocycles. The van der Waals surface area contributed by atoms with E-state index < -0.39 is 0 Å². The van der Waals surface area contributed by atoms with Crippen LogP contribution in [0.2, 0.25) is 0 Å². The second-order valence-electron chi connectivity index (χ2n) is 5.73. The van der Waals surface area contributed by atoms with Gasteiger partial charge in [0, 0.05) is 13.5 Å². The van der Waals surface area contributed by atoms with Gasteiger partial charge in [0.05, 0.1) is 20.2 Å². The zero-order valence-electron chi connectivity index (χ0n) is 15.1. The molecule has 0 fully saturated rings. The number of hydrogen-bond acceptors (Lipinski definition) is 4. The monoisotopic (exact) mass is 356 g/mol. The van der Waals surface area contributed by atoms with E-state index in [-0.39, 0.29) is 18.4 Å². The molecule has 6 nitrogen and oxygen atoms in total. The number of carbonyl (C=O) groups excluding carboxylic acids is 2. The lowest BCUT2D eigenvalue weighted by Crippen LogP contribution is -2.41. The highest BCUT2D eigenvalue weighted by Crippen LogP contribution is 2.16. The van der Waals surface area contributed by atoms with Crippen LogP contribution in [0.3, 0.4) is 0 Å². The summed E-state index contributed by atoms with van der Waals surface area (Å²) in [4.78, 5) is 25.3. The average Bonchev–Trinajstić information content (AvgIpc) is 2.67. The van der Waals surface area contributed by atoms with E-state index >= 15 is 0 Å². The summed E-state index contributed by atoms with van der Waals surface area (Å²) in [6.07, 6.45) is 0. The number of amides is 2. The highest BCUT2D eigenvalue weighted by Gasteiger charge is 2.13. The van der Waals surface area contributed by atoms with Crippen LogP contribution in [0.25, 0.3) is 0 Å². The van der Waals surface area contributed by atoms with E-state index in [1.165, 1.54) is 11.8 Å². The fourth-order valence-corrected chi connectivity index (χ4v) is 2.32. The Kier molecular flexibility index (Phi) is 7.49. The number of hydrogen-bond donors (Lipinski definition) is 1. The Morgan fingerprint density at radius 1 is 1.00 bits per heavy atom. The molecule has 0 aromatic heterocycles. The maximum absolute atomic E-state index is 12.1. The molecular weight excluding hydrogens is 332 g/mol. The van der Waals surface area contributed by atoms with Crippen molar-refractivity contribution in [3.63, 3.8) is 0 Å². The number of methoxy groups -OCH3 is 1. The molecule has 2 amide bonds. The molecule has 6 heteroatoms. The highest BCUT2D eigenvalue weighted by molar-refractivity contribution is 5.83. The molecule has 0 spiro atoms. The van der Waals surface area contributed by atoms with E-state index in [4.69, 9.17) is 9.47 Å². The van der Waals surface area contributed by atoms with Crippen LogP contribution in [0.4, 0.5) is 0 Å². The van der Waals surface area contributed by atoms with Gasteiger partial charge in [-0.15, -0.1) is 0 Å². The van der Waals surface area contributed by atoms with Crippen molar-refractivity contribution < 1.29 is 19.1 Å². The zero-order valence-corrected chi connectivity index (χ0v) is 15.1. The summed E-state index contributed by atoms with van der Waals surface area (Å²) in [6.45, 7) is 2.53. The number of nitrogens with one attached hydrogen (secondary N) is 1. The lowest BCUT2D eigenvalue weighted by molar-refractivity contribution is -0.134. The first-order chi connectivity index (χ1) is 12.6. The van der Waals surface area contributed by atoms with Gasteiger partial charge >= 0.3 is 0 Å². The van der Waals surface area contributed by atoms with Gasteiger partial charge in [-0.1, -0.05) is 30.3 Å². The van der Waals surface area contributed by atoms with Crippen LogP contribution in [0, 0.1) is 0 Å². The molecule has 0 saturated heterocycles. The Hall–Kier alpha value is -3.02. The summed E-state index contributed by atoms with van der Waals surface area (Å²) in [5.74, 6) is 1.06. The van der Waals surface area contributed by atoms with Crippen LogP contribution >= 0.6 is 0 Å². The third kappa shape index (κ3) is 6.47. The van der Waals surface area contributed by atoms with Gasteiger partial charge in [0.15, 0.2) is 0 Å². The molecule has 0 radical (unpaired) electrons. The SMILES string of the molecule is COc1ccc(OCCN(CC(=O)NCc2ccccc2)C(C)=O)cc1. The Bertz CT molecular complexity index is 702. The van der Waals surface area contributed by atoms with E-state index in [0.29, 0.717) is 25.4 Å². The summed E-state index contributed by atoms with van der Waals surface area (Å²) < 4.78 is 10.7. The second-order valence-corrected chi connectivity index (χ2v) is 5.73. The number of rotatable bonds is 9. The first-order valence-corrected chi connectivity index (χ1v) is 8.41. The van der Waals surface area contributed by atoms with E-state index in [0.717, 1.165) is 11.3 Å². The fraction of sp³-hybridized carbons (Fsp3) is 0.300. The Morgan fingerprint density at radius 3 is 2.27 bits per heavy atom. The molecular formula is C20H24N2O4. The minimum Gasteiger partial charge on any atom is -0.497 e. The molecule has 0 bridgehead atoms. The number of ether oxygens (including phenoxy) is 2. The fourth-order valence-electron chi connectivity index (χ4n) is 2.32. The molecule has 0 saturated carbocycles. The van der Waals surface area contributed by atoms with E-state index in [1.54, 1.807) is 31.4 Å². The number of nitrogens with zero attached hydrogens (tertiary/aromatic N) is 1. The highest BCUT2D eigenvalue weighted by atomic mass is 16.5. The molecule has 0 aliphatic rings. The number of carbonyl (C=O) groups is 2. The predicted molar refractivity (Wildman–Crippen MR) is 99.0 cm³/mol. The van der Waals surface area contributed by atoms with Gasteiger partial charge in [0.1, 0.15) is 18.1 Å². The van der Waals surface area contributed by atoms with Crippen molar-refractivity contribution in [2.75, 3.05) is 26.8 Å². The van der Waals surface area contributed by atoms with Crippen LogP contribution in [-0.4, -0.2) is 43.5 Å². The summed E-state index contributed by atoms with van der Waals surface area (Å²) in [7, 11) is 1.60. The van der Waals surface area contributed by atoms with Gasteiger partial charge in [-0.05, 0) is 29.8 Å². The second kappa shape index (κ2) is 10.1. The van der Waals surface area contributed by atoms with Gasteiger partial charge < -0.3 is 19.7 Å². The molecule has 1 N–H and O–H groups in total. The molecule has 0 atom stereocenters. The van der Waals surface area contributed by atoms with Crippen molar-refractivity contribution >= 4 is 11.8 Å². The van der Waals surface area contributed by atoms with E-state index in [9.17, 15) is 9.59 Å². The van der Waals surface area contributed by atoms with Crippen LogP contribution in [-0.2, 0) is 16.1 Å². The summed E-state index contributed by atoms with van der Waals surface area (Å²) >= 11 is 0. The molecule has 138 valence electrons. The van der Waals surface area contributed by atoms with Crippen LogP contribution in [0.5, 0.6) is 11.5 Å². The molecule has 0 aliphatic heterocycles. The largest absolute Gasteiger partial charge is 0.497 e. The molecule has 2 aromatic rings. The molecule has 0 heterocycles. The maximum atomic E-state index is 12.1. The minimum atomic E-state index is -0.200. The average molecular weight is 356 g/mol. The van der Waals surface area contributed by atoms with Crippen molar-refractivity contribution in [1.29, 1.82) is 0 Å². The van der Waals surface area contributed by atoms with E-state index in [1.807, 2.05) is 30.3 Å². The quantitative estimate of drug-likeness (QED) is 0.748. The maximum Gasteiger partial charge on any atom is 0.239 e. The number of benzene rings is 2. The zero-order chi connectivity index (χ0) is 18.8. The Balaban J connectivity index is 1.76. The lowest BCUT2D eigenvalue weighted by atomic mass is 10.2. The van der Waals surface area contributed by atoms with Gasteiger partial charge in [-0.25, -0.2) is 0 Å². The third-order valence-corrected chi connectivity index (χ3v) is 3.80. The van der Waals surface area contributed by atoms with Gasteiger partial charge in [0.25, 0.3) is 0 Å². The molecule has 0 unspecified atom stereocenters. The first-order valence-electron chi connectivity index (χ1n) is 8.41. The van der Waals surface area contributed by atoms with Crippen LogP contribution < -0.4 is 14.8 Å². The normalized spacial score (nSPS) is 10.1. The summed E-state index contributed by atoms with van der Waals surface area (Å²) in [5, 5.41) is 2.82. The Morgan fingerprint density at radius 2 is 1.65 bits per heavy atom. The van der Waals surface area contributed by atoms with Gasteiger partial charge in [0.2, 0.25) is 11.8 Å². The van der Waals surface area contributed by atoms with Crippen LogP contribution in [0.15, 0.2) is 54.6 Å². The van der Waals surface area contributed by atoms with Crippen molar-refractivity contribution in [3.05, 3.63) is 60.2 Å². The van der Waals surface area contributed by atoms with E-state index in [2.05, 4.69) is 5.32 Å². The van der Waals surface area contributed by atoms with Crippen molar-refractivity contribution in [3.8, 4) is 11.5 Å². The summed E-state index contributed by atoms with van der Waals surface area (Å²) in [5.41, 5.74) is 1.01. The van der Waals surface area contributed by atoms with Crippen molar-refractivity contribution in [2.24, 2.45) is 0 Å². The first kappa shape index (κ1) is 19.3. The van der Waals surface area contributed by atoms with Gasteiger partial charge in [-0.3, -0.25) is 9.59 Å². The topological polar surface area (TPSA) is 67.9 Å². The smallest absolute Gasteiger partial charge is 0.239 e. The lowest BCUT2D eigenvalue weighted by Gasteiger charge is -2.20. The molecule has 26 heavy (non-hydrogen) atoms. The summed E-state index contributed by atoms with van der Waals surface area (Å²) in [6, 6.07) is 16.8. The van der Waals surface area contributed by atoms with Crippen molar-refractivity contribution in [2.45, 2.75) is 13.5 Å². The van der Waals surface area contributed by atoms with Gasteiger partial charge in [-0.2, -0.15) is 0 Å². The molecule has 2 rings (SSSR count). The van der Waals surface area contributed by atoms with Crippen LogP contribution in [0.1, 0.15) is 12.5 Å². The Labute approximate surface area is 153 Å². The molecule has 2 aromatic carbocycles. The van der Waals surface area contributed by atoms with Crippen molar-refractivity contribution in [1.82, 2.24) is 10.2 Å². The standard InChI is InChI=1S/C20H24N2O4/c1-16(23)22(12-13-26-19-10-8-18(25-2)9-11-19)15-20(24)21-14-17-6-4-3-5-7-17/h3-11H,12-15H2,1-2H3,(H,21,24). The minimum absolute atomic E-state index is 0.00807. The predicted octanol–water partition coefficient (Wildman–Crippen LogP) is 2.24.